The average Bonchev–Trinajstić information content (AvgIpc) is 3.03. The maximum Gasteiger partial charge on any atom is 0.347 e. The minimum Gasteiger partial charge on any atom is -0.492 e. The van der Waals surface area contributed by atoms with Crippen LogP contribution in [0.15, 0.2) is 91.0 Å². The fourth-order valence-corrected chi connectivity index (χ4v) is 5.40. The molecule has 0 aliphatic rings. The molecule has 5 rings (SSSR count). The molecule has 7 nitrogen and oxygen atoms in total. The number of rotatable bonds is 12. The van der Waals surface area contributed by atoms with Gasteiger partial charge in [-0.1, -0.05) is 87.3 Å². The first-order valence-electron chi connectivity index (χ1n) is 15.0. The van der Waals surface area contributed by atoms with Crippen LogP contribution < -0.4 is 25.3 Å². The summed E-state index contributed by atoms with van der Waals surface area (Å²) in [5.74, 6) is -0.169. The highest BCUT2D eigenvalue weighted by Gasteiger charge is 2.23. The Hall–Kier alpha value is -4.59. The number of hydrogen-bond acceptors (Lipinski definition) is 6. The van der Waals surface area contributed by atoms with Crippen molar-refractivity contribution in [1.82, 2.24) is 0 Å². The Bertz CT molecular complexity index is 1850. The monoisotopic (exact) mass is 624 g/mol. The molecule has 8 heteroatoms. The highest BCUT2D eigenvalue weighted by Crippen LogP contribution is 2.34. The Morgan fingerprint density at radius 1 is 0.778 bits per heavy atom. The molecular formula is C37H37ClN2O5. The summed E-state index contributed by atoms with van der Waals surface area (Å²) in [6.45, 7) is 7.38. The average molecular weight is 625 g/mol. The third kappa shape index (κ3) is 7.74. The number of esters is 1. The van der Waals surface area contributed by atoms with Gasteiger partial charge in [-0.15, -0.1) is 0 Å². The summed E-state index contributed by atoms with van der Waals surface area (Å²) in [5.41, 5.74) is 6.43. The number of nitrogens with one attached hydrogen (secondary N) is 1. The van der Waals surface area contributed by atoms with Gasteiger partial charge in [0.25, 0.3) is 5.91 Å². The molecule has 3 N–H and O–H groups in total. The maximum atomic E-state index is 13.8. The summed E-state index contributed by atoms with van der Waals surface area (Å²) in [4.78, 5) is 27.4. The summed E-state index contributed by atoms with van der Waals surface area (Å²) in [6.07, 6.45) is 1.99. The van der Waals surface area contributed by atoms with Crippen LogP contribution in [-0.4, -0.2) is 31.6 Å². The van der Waals surface area contributed by atoms with Gasteiger partial charge in [0.2, 0.25) is 0 Å². The molecule has 0 saturated heterocycles. The molecule has 0 aliphatic carbocycles. The van der Waals surface area contributed by atoms with Crippen LogP contribution >= 0.6 is 11.6 Å². The van der Waals surface area contributed by atoms with E-state index < -0.39 is 11.9 Å². The molecule has 0 aliphatic heterocycles. The van der Waals surface area contributed by atoms with Gasteiger partial charge in [0.05, 0.1) is 17.9 Å². The van der Waals surface area contributed by atoms with E-state index in [0.717, 1.165) is 34.4 Å². The molecule has 0 spiro atoms. The lowest BCUT2D eigenvalue weighted by Crippen LogP contribution is -2.22. The Morgan fingerprint density at radius 2 is 1.36 bits per heavy atom. The Morgan fingerprint density at radius 3 is 1.96 bits per heavy atom. The van der Waals surface area contributed by atoms with Crippen LogP contribution in [0.4, 0.5) is 5.69 Å². The molecule has 5 aromatic rings. The summed E-state index contributed by atoms with van der Waals surface area (Å²) in [7, 11) is 0. The predicted octanol–water partition coefficient (Wildman–Crippen LogP) is 8.66. The number of amides is 1. The maximum absolute atomic E-state index is 13.8. The van der Waals surface area contributed by atoms with E-state index in [2.05, 4.69) is 26.1 Å². The van der Waals surface area contributed by atoms with Gasteiger partial charge in [-0.25, -0.2) is 4.79 Å². The van der Waals surface area contributed by atoms with E-state index in [9.17, 15) is 9.59 Å². The fraction of sp³-hybridized carbons (Fsp3) is 0.243. The lowest BCUT2D eigenvalue weighted by atomic mass is 9.89. The second kappa shape index (κ2) is 14.0. The van der Waals surface area contributed by atoms with E-state index in [4.69, 9.17) is 31.5 Å². The highest BCUT2D eigenvalue weighted by atomic mass is 35.5. The molecule has 232 valence electrons. The zero-order chi connectivity index (χ0) is 32.0. The van der Waals surface area contributed by atoms with E-state index in [1.54, 1.807) is 24.3 Å². The van der Waals surface area contributed by atoms with Crippen molar-refractivity contribution in [2.75, 3.05) is 25.1 Å². The third-order valence-corrected chi connectivity index (χ3v) is 7.71. The first kappa shape index (κ1) is 31.8. The van der Waals surface area contributed by atoms with E-state index >= 15 is 0 Å². The van der Waals surface area contributed by atoms with Crippen LogP contribution in [0.25, 0.3) is 21.5 Å². The second-order valence-corrected chi connectivity index (χ2v) is 12.2. The van der Waals surface area contributed by atoms with Gasteiger partial charge in [-0.3, -0.25) is 4.79 Å². The molecule has 5 aromatic carbocycles. The largest absolute Gasteiger partial charge is 0.492 e. The second-order valence-electron chi connectivity index (χ2n) is 11.7. The van der Waals surface area contributed by atoms with E-state index in [0.29, 0.717) is 35.2 Å². The molecule has 0 bridgehead atoms. The van der Waals surface area contributed by atoms with Crippen LogP contribution in [-0.2, 0) is 0 Å². The van der Waals surface area contributed by atoms with Crippen molar-refractivity contribution in [2.24, 2.45) is 11.1 Å². The zero-order valence-corrected chi connectivity index (χ0v) is 26.4. The molecule has 0 fully saturated rings. The van der Waals surface area contributed by atoms with Crippen molar-refractivity contribution in [1.29, 1.82) is 0 Å². The molecule has 1 amide bonds. The molecule has 0 atom stereocenters. The number of nitrogens with two attached hydrogens (primary N) is 1. The Labute approximate surface area is 268 Å². The SMILES string of the molecule is CCCC(C)(C)COc1cc2ccccc2cc1C(=O)Oc1cc(Cl)ccc1NC(=O)c1cc2ccccc2cc1OCCN. The lowest BCUT2D eigenvalue weighted by Gasteiger charge is -2.25. The van der Waals surface area contributed by atoms with Gasteiger partial charge in [0.1, 0.15) is 23.7 Å². The molecule has 0 saturated carbocycles. The number of halogens is 1. The summed E-state index contributed by atoms with van der Waals surface area (Å²) >= 11 is 6.33. The van der Waals surface area contributed by atoms with Gasteiger partial charge >= 0.3 is 5.97 Å². The van der Waals surface area contributed by atoms with E-state index in [1.165, 1.54) is 6.07 Å². The highest BCUT2D eigenvalue weighted by molar-refractivity contribution is 6.31. The number of carbonyl (C=O) groups excluding carboxylic acids is 2. The molecule has 0 heterocycles. The fourth-order valence-electron chi connectivity index (χ4n) is 5.23. The van der Waals surface area contributed by atoms with Crippen molar-refractivity contribution >= 4 is 50.7 Å². The quantitative estimate of drug-likeness (QED) is 0.106. The minimum atomic E-state index is -0.639. The molecule has 45 heavy (non-hydrogen) atoms. The van der Waals surface area contributed by atoms with Gasteiger partial charge < -0.3 is 25.3 Å². The van der Waals surface area contributed by atoms with Crippen molar-refractivity contribution in [2.45, 2.75) is 33.6 Å². The van der Waals surface area contributed by atoms with Gasteiger partial charge in [0.15, 0.2) is 5.75 Å². The smallest absolute Gasteiger partial charge is 0.347 e. The zero-order valence-electron chi connectivity index (χ0n) is 25.7. The van der Waals surface area contributed by atoms with Crippen LogP contribution in [0.2, 0.25) is 5.02 Å². The van der Waals surface area contributed by atoms with Crippen molar-refractivity contribution in [3.8, 4) is 17.2 Å². The molecule has 0 aromatic heterocycles. The predicted molar refractivity (Wildman–Crippen MR) is 181 cm³/mol. The normalized spacial score (nSPS) is 11.4. The number of carbonyl (C=O) groups is 2. The van der Waals surface area contributed by atoms with Gasteiger partial charge in [0, 0.05) is 17.6 Å². The number of fused-ring (bicyclic) bond motifs is 2. The third-order valence-electron chi connectivity index (χ3n) is 7.48. The molecular weight excluding hydrogens is 588 g/mol. The van der Waals surface area contributed by atoms with Crippen molar-refractivity contribution in [3.63, 3.8) is 0 Å². The summed E-state index contributed by atoms with van der Waals surface area (Å²) < 4.78 is 18.0. The number of ether oxygens (including phenoxy) is 3. The van der Waals surface area contributed by atoms with Crippen LogP contribution in [0.3, 0.4) is 0 Å². The van der Waals surface area contributed by atoms with Gasteiger partial charge in [-0.2, -0.15) is 0 Å². The number of hydrogen-bond donors (Lipinski definition) is 2. The van der Waals surface area contributed by atoms with E-state index in [1.807, 2.05) is 60.7 Å². The van der Waals surface area contributed by atoms with Crippen molar-refractivity contribution < 1.29 is 23.8 Å². The number of anilines is 1. The molecule has 0 unspecified atom stereocenters. The standard InChI is InChI=1S/C37H37ClN2O5/c1-4-15-37(2,3)23-44-33-21-27-12-8-6-10-25(27)19-30(33)36(42)45-34-22-28(38)13-14-31(34)40-35(41)29-18-24-9-5-7-11-26(24)20-32(29)43-17-16-39/h5-14,18-22H,4,15-17,23,39H2,1-3H3,(H,40,41). The summed E-state index contributed by atoms with van der Waals surface area (Å²) in [5, 5.41) is 6.82. The van der Waals surface area contributed by atoms with E-state index in [-0.39, 0.29) is 29.0 Å². The van der Waals surface area contributed by atoms with Crippen LogP contribution in [0.5, 0.6) is 17.2 Å². The first-order valence-corrected chi connectivity index (χ1v) is 15.4. The minimum absolute atomic E-state index is 0.0819. The Balaban J connectivity index is 1.46. The van der Waals surface area contributed by atoms with Crippen LogP contribution in [0, 0.1) is 5.41 Å². The number of benzene rings is 5. The molecule has 0 radical (unpaired) electrons. The van der Waals surface area contributed by atoms with Gasteiger partial charge in [-0.05, 0) is 69.8 Å². The lowest BCUT2D eigenvalue weighted by molar-refractivity contribution is 0.0726. The summed E-state index contributed by atoms with van der Waals surface area (Å²) in [6, 6.07) is 27.3. The first-order chi connectivity index (χ1) is 21.7. The Kier molecular flexibility index (Phi) is 9.91. The topological polar surface area (TPSA) is 99.9 Å². The van der Waals surface area contributed by atoms with Crippen molar-refractivity contribution in [3.05, 3.63) is 107 Å². The van der Waals surface area contributed by atoms with Crippen LogP contribution in [0.1, 0.15) is 54.3 Å².